The van der Waals surface area contributed by atoms with Gasteiger partial charge in [0.1, 0.15) is 0 Å². The molecule has 0 aliphatic rings. The standard InChI is InChI=1S/C34H64O6P/c1-3-5-7-9-11-13-15-17-19-21-23-25-27-29-32(36)34(31-35,41(38,39)40)33(37)30-28-26-24-22-20-18-16-14-12-10-8-6-4-2/h3-30H2,1-2H3,(H2,38,39,40). The van der Waals surface area contributed by atoms with Crippen LogP contribution in [0, 0.1) is 0 Å². The number of Topliss-reactive ketones (excluding diaryl/α,β-unsaturated/α-hetero) is 2. The molecule has 0 saturated heterocycles. The van der Waals surface area contributed by atoms with Gasteiger partial charge in [0, 0.05) is 12.8 Å². The molecule has 0 aliphatic carbocycles. The van der Waals surface area contributed by atoms with Crippen LogP contribution in [0.25, 0.3) is 0 Å². The molecule has 1 radical (unpaired) electrons. The first kappa shape index (κ1) is 40.2. The fourth-order valence-electron chi connectivity index (χ4n) is 5.62. The van der Waals surface area contributed by atoms with Gasteiger partial charge < -0.3 is 9.79 Å². The zero-order chi connectivity index (χ0) is 30.7. The Morgan fingerprint density at radius 2 is 0.707 bits per heavy atom. The fraction of sp³-hybridized carbons (Fsp3) is 0.912. The predicted molar refractivity (Wildman–Crippen MR) is 171 cm³/mol. The summed E-state index contributed by atoms with van der Waals surface area (Å²) in [5, 5.41) is -2.94. The monoisotopic (exact) mass is 599 g/mol. The molecule has 241 valence electrons. The normalized spacial score (nSPS) is 12.1. The molecule has 0 aromatic carbocycles. The number of unbranched alkanes of at least 4 members (excludes halogenated alkanes) is 24. The minimum atomic E-state index is -5.31. The minimum absolute atomic E-state index is 0.178. The van der Waals surface area contributed by atoms with E-state index >= 15 is 0 Å². The van der Waals surface area contributed by atoms with Crippen LogP contribution in [0.1, 0.15) is 194 Å². The van der Waals surface area contributed by atoms with E-state index in [0.717, 1.165) is 51.4 Å². The lowest BCUT2D eigenvalue weighted by atomic mass is 9.91. The van der Waals surface area contributed by atoms with E-state index in [9.17, 15) is 28.7 Å². The van der Waals surface area contributed by atoms with Crippen LogP contribution in [0.2, 0.25) is 0 Å². The van der Waals surface area contributed by atoms with E-state index in [1.807, 2.05) is 0 Å². The van der Waals surface area contributed by atoms with E-state index in [1.54, 1.807) is 0 Å². The number of carbonyl (C=O) groups excluding carboxylic acids is 3. The minimum Gasteiger partial charge on any atom is -0.323 e. The predicted octanol–water partition coefficient (Wildman–Crippen LogP) is 10.1. The van der Waals surface area contributed by atoms with E-state index in [0.29, 0.717) is 12.8 Å². The van der Waals surface area contributed by atoms with Crippen molar-refractivity contribution in [2.75, 3.05) is 0 Å². The molecule has 0 rings (SSSR count). The van der Waals surface area contributed by atoms with Gasteiger partial charge in [0.05, 0.1) is 0 Å². The van der Waals surface area contributed by atoms with Crippen molar-refractivity contribution in [1.29, 1.82) is 0 Å². The van der Waals surface area contributed by atoms with Crippen molar-refractivity contribution in [2.45, 2.75) is 199 Å². The Labute approximate surface area is 252 Å². The van der Waals surface area contributed by atoms with Crippen LogP contribution in [0.4, 0.5) is 0 Å². The Morgan fingerprint density at radius 3 is 0.902 bits per heavy atom. The molecule has 0 atom stereocenters. The molecule has 0 unspecified atom stereocenters. The third kappa shape index (κ3) is 19.1. The van der Waals surface area contributed by atoms with E-state index < -0.39 is 24.3 Å². The maximum Gasteiger partial charge on any atom is 0.354 e. The van der Waals surface area contributed by atoms with Crippen LogP contribution in [-0.2, 0) is 18.9 Å². The smallest absolute Gasteiger partial charge is 0.323 e. The van der Waals surface area contributed by atoms with Gasteiger partial charge in [-0.15, -0.1) is 0 Å². The SMILES string of the molecule is CCCCCCCCCCCCCCCC(=O)C([C]=O)(C(=O)CCCCCCCCCCCCCCC)P(=O)(O)O. The van der Waals surface area contributed by atoms with Crippen molar-refractivity contribution in [3.63, 3.8) is 0 Å². The van der Waals surface area contributed by atoms with Crippen LogP contribution in [0.15, 0.2) is 0 Å². The van der Waals surface area contributed by atoms with Crippen molar-refractivity contribution in [3.05, 3.63) is 0 Å². The molecule has 0 saturated carbocycles. The van der Waals surface area contributed by atoms with Gasteiger partial charge in [-0.05, 0) is 12.8 Å². The van der Waals surface area contributed by atoms with Crippen molar-refractivity contribution < 1.29 is 28.7 Å². The average Bonchev–Trinajstić information content (AvgIpc) is 2.93. The van der Waals surface area contributed by atoms with Crippen molar-refractivity contribution in [1.82, 2.24) is 0 Å². The van der Waals surface area contributed by atoms with E-state index in [-0.39, 0.29) is 12.8 Å². The summed E-state index contributed by atoms with van der Waals surface area (Å²) in [6.45, 7) is 4.46. The molecule has 0 aromatic rings. The zero-order valence-electron chi connectivity index (χ0n) is 26.8. The van der Waals surface area contributed by atoms with Crippen LogP contribution < -0.4 is 0 Å². The lowest BCUT2D eigenvalue weighted by molar-refractivity contribution is -0.129. The Bertz CT molecular complexity index is 659. The summed E-state index contributed by atoms with van der Waals surface area (Å²) in [5.74, 6) is -1.94. The summed E-state index contributed by atoms with van der Waals surface area (Å²) in [5.41, 5.74) is 0. The van der Waals surface area contributed by atoms with Gasteiger partial charge in [-0.2, -0.15) is 0 Å². The Hall–Kier alpha value is -0.840. The molecule has 7 heteroatoms. The van der Waals surface area contributed by atoms with Gasteiger partial charge >= 0.3 is 7.60 Å². The second kappa shape index (κ2) is 26.8. The first-order valence-corrected chi connectivity index (χ1v) is 18.9. The maximum absolute atomic E-state index is 12.8. The van der Waals surface area contributed by atoms with Gasteiger partial charge in [-0.3, -0.25) is 18.9 Å². The fourth-order valence-corrected chi connectivity index (χ4v) is 6.61. The molecular weight excluding hydrogens is 535 g/mol. The van der Waals surface area contributed by atoms with Gasteiger partial charge in [0.2, 0.25) is 6.29 Å². The van der Waals surface area contributed by atoms with Crippen LogP contribution >= 0.6 is 7.60 Å². The van der Waals surface area contributed by atoms with Crippen molar-refractivity contribution in [2.24, 2.45) is 0 Å². The van der Waals surface area contributed by atoms with E-state index in [2.05, 4.69) is 13.8 Å². The molecule has 0 fully saturated rings. The highest BCUT2D eigenvalue weighted by atomic mass is 31.2. The lowest BCUT2D eigenvalue weighted by Gasteiger charge is -2.25. The summed E-state index contributed by atoms with van der Waals surface area (Å²) >= 11 is 0. The third-order valence-corrected chi connectivity index (χ3v) is 9.87. The highest BCUT2D eigenvalue weighted by Gasteiger charge is 2.59. The maximum atomic E-state index is 12.8. The number of ketones is 2. The number of carbonyl (C=O) groups is 2. The topological polar surface area (TPSA) is 109 Å². The molecule has 41 heavy (non-hydrogen) atoms. The van der Waals surface area contributed by atoms with E-state index in [4.69, 9.17) is 0 Å². The summed E-state index contributed by atoms with van der Waals surface area (Å²) in [4.78, 5) is 57.2. The zero-order valence-corrected chi connectivity index (χ0v) is 27.7. The van der Waals surface area contributed by atoms with Gasteiger partial charge in [0.25, 0.3) is 5.16 Å². The molecule has 0 aliphatic heterocycles. The molecule has 2 N–H and O–H groups in total. The summed E-state index contributed by atoms with van der Waals surface area (Å²) in [7, 11) is -5.31. The van der Waals surface area contributed by atoms with Crippen LogP contribution in [-0.4, -0.2) is 32.8 Å². The quantitative estimate of drug-likeness (QED) is 0.0452. The number of hydrogen-bond donors (Lipinski definition) is 2. The first-order valence-electron chi connectivity index (χ1n) is 17.3. The molecule has 0 aromatic heterocycles. The first-order chi connectivity index (χ1) is 19.8. The highest BCUT2D eigenvalue weighted by molar-refractivity contribution is 7.57. The second-order valence-corrected chi connectivity index (χ2v) is 13.9. The largest absolute Gasteiger partial charge is 0.354 e. The number of hydrogen-bond acceptors (Lipinski definition) is 4. The van der Waals surface area contributed by atoms with Gasteiger partial charge in [0.15, 0.2) is 11.6 Å². The van der Waals surface area contributed by atoms with Gasteiger partial charge in [-0.1, -0.05) is 168 Å². The van der Waals surface area contributed by atoms with Crippen molar-refractivity contribution >= 4 is 25.4 Å². The Morgan fingerprint density at radius 1 is 0.488 bits per heavy atom. The van der Waals surface area contributed by atoms with Crippen LogP contribution in [0.3, 0.4) is 0 Å². The Balaban J connectivity index is 4.18. The molecule has 0 spiro atoms. The molecule has 6 nitrogen and oxygen atoms in total. The highest BCUT2D eigenvalue weighted by Crippen LogP contribution is 2.52. The molecule has 0 amide bonds. The lowest BCUT2D eigenvalue weighted by Crippen LogP contribution is -2.48. The molecule has 0 heterocycles. The number of rotatable bonds is 32. The Kier molecular flexibility index (Phi) is 26.2. The van der Waals surface area contributed by atoms with Crippen LogP contribution in [0.5, 0.6) is 0 Å². The average molecular weight is 600 g/mol. The van der Waals surface area contributed by atoms with Crippen molar-refractivity contribution in [3.8, 4) is 0 Å². The van der Waals surface area contributed by atoms with Gasteiger partial charge in [-0.25, -0.2) is 0 Å². The molecular formula is C34H64O6P. The van der Waals surface area contributed by atoms with E-state index in [1.165, 1.54) is 109 Å². The second-order valence-electron chi connectivity index (χ2n) is 12.2. The summed E-state index contributed by atoms with van der Waals surface area (Å²) in [6, 6.07) is 0. The summed E-state index contributed by atoms with van der Waals surface area (Å²) in [6.07, 6.45) is 30.2. The molecule has 0 bridgehead atoms. The third-order valence-electron chi connectivity index (χ3n) is 8.41. The summed E-state index contributed by atoms with van der Waals surface area (Å²) < 4.78 is 12.2.